The summed E-state index contributed by atoms with van der Waals surface area (Å²) in [4.78, 5) is 0. The topological polar surface area (TPSA) is 33.3 Å². The van der Waals surface area contributed by atoms with Crippen LogP contribution in [0.5, 0.6) is 0 Å². The van der Waals surface area contributed by atoms with Gasteiger partial charge in [-0.05, 0) is 61.4 Å². The second-order valence-corrected chi connectivity index (χ2v) is 11.6. The predicted molar refractivity (Wildman–Crippen MR) is 122 cm³/mol. The molecule has 4 aliphatic heterocycles. The summed E-state index contributed by atoms with van der Waals surface area (Å²) in [6.45, 7) is 6.09. The van der Waals surface area contributed by atoms with Crippen LogP contribution < -0.4 is 10.6 Å². The summed E-state index contributed by atoms with van der Waals surface area (Å²) >= 11 is 1.75. The Morgan fingerprint density at radius 1 is 1.31 bits per heavy atom. The van der Waals surface area contributed by atoms with Crippen LogP contribution in [0.2, 0.25) is 0 Å². The molecule has 5 aliphatic rings. The quantitative estimate of drug-likeness (QED) is 0.590. The molecule has 4 heterocycles. The van der Waals surface area contributed by atoms with Gasteiger partial charge in [0.25, 0.3) is 0 Å². The molecular formula is C25H38N2OS. The van der Waals surface area contributed by atoms with Crippen LogP contribution in [-0.4, -0.2) is 28.9 Å². The zero-order valence-corrected chi connectivity index (χ0v) is 18.8. The Labute approximate surface area is 188 Å². The van der Waals surface area contributed by atoms with Gasteiger partial charge in [-0.15, -0.1) is 11.8 Å². The van der Waals surface area contributed by atoms with E-state index in [0.29, 0.717) is 5.92 Å². The third kappa shape index (κ3) is 3.74. The van der Waals surface area contributed by atoms with E-state index in [9.17, 15) is 0 Å². The van der Waals surface area contributed by atoms with Gasteiger partial charge >= 0.3 is 0 Å². The van der Waals surface area contributed by atoms with E-state index in [1.165, 1.54) is 11.1 Å². The molecule has 29 heavy (non-hydrogen) atoms. The van der Waals surface area contributed by atoms with E-state index < -0.39 is 24.7 Å². The summed E-state index contributed by atoms with van der Waals surface area (Å²) in [6, 6.07) is -0.476. The minimum absolute atomic E-state index is 0.0801. The molecule has 2 saturated heterocycles. The van der Waals surface area contributed by atoms with E-state index in [0.717, 1.165) is 31.4 Å². The van der Waals surface area contributed by atoms with Gasteiger partial charge in [-0.3, -0.25) is 10.6 Å². The molecule has 0 aromatic carbocycles. The summed E-state index contributed by atoms with van der Waals surface area (Å²) in [5.74, 6) is 1.76. The highest BCUT2D eigenvalue weighted by atomic mass is 32.2. The van der Waals surface area contributed by atoms with Crippen molar-refractivity contribution in [1.82, 2.24) is 10.6 Å². The highest BCUT2D eigenvalue weighted by Gasteiger charge is 2.47. The lowest BCUT2D eigenvalue weighted by atomic mass is 9.77. The average molecular weight is 420 g/mol. The standard InChI is InChI=1S/C25H38N2OS/c1-14-9-10-18-17-7-6-8-19(22(17)28-23(18)26-14)20-12-11-16-15(2)21(13-25(3,4)5)29-24(16)27-20/h9-11,14-15,17-18,20-21,23-24,26-27H,6-8,12-13H2,1-5H3/t14-,15-,17+,18?,20-,21-,23?,24?/m1/s1/i1D3,13D2. The first kappa shape index (κ1) is 15.2. The van der Waals surface area contributed by atoms with Crippen molar-refractivity contribution < 1.29 is 11.6 Å². The molecule has 0 spiro atoms. The fourth-order valence-electron chi connectivity index (χ4n) is 5.68. The smallest absolute Gasteiger partial charge is 0.157 e. The zero-order chi connectivity index (χ0) is 24.6. The Balaban J connectivity index is 1.36. The molecular weight excluding hydrogens is 376 g/mol. The van der Waals surface area contributed by atoms with Crippen LogP contribution in [0.15, 0.2) is 35.1 Å². The van der Waals surface area contributed by atoms with E-state index in [2.05, 4.69) is 29.7 Å². The van der Waals surface area contributed by atoms with E-state index in [4.69, 9.17) is 11.6 Å². The fraction of sp³-hybridized carbons (Fsp3) is 0.760. The monoisotopic (exact) mass is 419 g/mol. The second-order valence-electron chi connectivity index (χ2n) is 10.3. The van der Waals surface area contributed by atoms with Crippen molar-refractivity contribution in [2.45, 2.75) is 95.5 Å². The van der Waals surface area contributed by atoms with E-state index in [1.54, 1.807) is 11.8 Å². The molecule has 0 bridgehead atoms. The Bertz CT molecular complexity index is 921. The highest BCUT2D eigenvalue weighted by molar-refractivity contribution is 8.01. The minimum Gasteiger partial charge on any atom is -0.479 e. The van der Waals surface area contributed by atoms with Crippen LogP contribution >= 0.6 is 11.8 Å². The Kier molecular flexibility index (Phi) is 3.90. The van der Waals surface area contributed by atoms with Crippen LogP contribution in [-0.2, 0) is 4.74 Å². The maximum atomic E-state index is 8.86. The number of rotatable bonds is 2. The van der Waals surface area contributed by atoms with Crippen LogP contribution in [0, 0.1) is 23.2 Å². The van der Waals surface area contributed by atoms with Gasteiger partial charge in [0.15, 0.2) is 6.23 Å². The molecule has 3 nitrogen and oxygen atoms in total. The zero-order valence-electron chi connectivity index (χ0n) is 23.0. The number of thioether (sulfide) groups is 1. The molecule has 5 rings (SSSR count). The van der Waals surface area contributed by atoms with Crippen molar-refractivity contribution in [2.75, 3.05) is 0 Å². The summed E-state index contributed by atoms with van der Waals surface area (Å²) < 4.78 is 47.5. The van der Waals surface area contributed by atoms with Crippen molar-refractivity contribution in [1.29, 1.82) is 0 Å². The molecule has 4 heteroatoms. The Hall–Kier alpha value is -0.710. The maximum Gasteiger partial charge on any atom is 0.157 e. The van der Waals surface area contributed by atoms with Crippen LogP contribution in [0.4, 0.5) is 0 Å². The average Bonchev–Trinajstić information content (AvgIpc) is 3.29. The molecule has 0 radical (unpaired) electrons. The van der Waals surface area contributed by atoms with Crippen LogP contribution in [0.25, 0.3) is 0 Å². The summed E-state index contributed by atoms with van der Waals surface area (Å²) in [7, 11) is 0. The largest absolute Gasteiger partial charge is 0.479 e. The normalized spacial score (nSPS) is 47.6. The molecule has 1 aliphatic carbocycles. The number of allylic oxidation sites excluding steroid dienone is 1. The Morgan fingerprint density at radius 2 is 2.17 bits per heavy atom. The van der Waals surface area contributed by atoms with Crippen molar-refractivity contribution >= 4 is 11.8 Å². The lowest BCUT2D eigenvalue weighted by Crippen LogP contribution is -2.42. The maximum absolute atomic E-state index is 8.86. The SMILES string of the molecule is [2H]C([2H])([2H])[C@@H]1C=CC2C(N1)OC1=C([C@H]3CC=C4C(N3)S[C@H](C([2H])([2H])C(C)(C)C)[C@@H]4C)CCC[C@H]12. The lowest BCUT2D eigenvalue weighted by molar-refractivity contribution is 0.0964. The van der Waals surface area contributed by atoms with Crippen molar-refractivity contribution in [3.05, 3.63) is 35.1 Å². The van der Waals surface area contributed by atoms with Gasteiger partial charge in [0.1, 0.15) is 5.76 Å². The molecule has 0 aromatic rings. The third-order valence-corrected chi connectivity index (χ3v) is 8.56. The molecule has 8 atom stereocenters. The molecule has 2 N–H and O–H groups in total. The first-order chi connectivity index (χ1) is 15.8. The first-order valence-corrected chi connectivity index (χ1v) is 12.2. The van der Waals surface area contributed by atoms with E-state index in [1.807, 2.05) is 26.8 Å². The molecule has 2 fully saturated rings. The molecule has 3 unspecified atom stereocenters. The van der Waals surface area contributed by atoms with Crippen molar-refractivity contribution in [3.63, 3.8) is 0 Å². The van der Waals surface area contributed by atoms with E-state index in [-0.39, 0.29) is 34.7 Å². The van der Waals surface area contributed by atoms with Crippen molar-refractivity contribution in [3.8, 4) is 0 Å². The van der Waals surface area contributed by atoms with Gasteiger partial charge in [-0.25, -0.2) is 0 Å². The predicted octanol–water partition coefficient (Wildman–Crippen LogP) is 5.36. The number of nitrogens with one attached hydrogen (secondary N) is 2. The molecule has 160 valence electrons. The first-order valence-electron chi connectivity index (χ1n) is 13.7. The molecule has 0 amide bonds. The second kappa shape index (κ2) is 7.46. The van der Waals surface area contributed by atoms with Gasteiger partial charge in [0.2, 0.25) is 0 Å². The van der Waals surface area contributed by atoms with Gasteiger partial charge in [-0.2, -0.15) is 0 Å². The van der Waals surface area contributed by atoms with Crippen LogP contribution in [0.3, 0.4) is 0 Å². The summed E-state index contributed by atoms with van der Waals surface area (Å²) in [5.41, 5.74) is 2.25. The highest BCUT2D eigenvalue weighted by Crippen LogP contribution is 2.50. The summed E-state index contributed by atoms with van der Waals surface area (Å²) in [5, 5.41) is 7.14. The lowest BCUT2D eigenvalue weighted by Gasteiger charge is -2.33. The van der Waals surface area contributed by atoms with Gasteiger partial charge in [-0.1, -0.05) is 45.9 Å². The molecule has 0 aromatic heterocycles. The van der Waals surface area contributed by atoms with Crippen LogP contribution in [0.1, 0.15) is 73.5 Å². The number of hydrogen-bond acceptors (Lipinski definition) is 4. The minimum atomic E-state index is -2.08. The van der Waals surface area contributed by atoms with Gasteiger partial charge in [0, 0.05) is 36.0 Å². The summed E-state index contributed by atoms with van der Waals surface area (Å²) in [6.07, 6.45) is 8.76. The fourth-order valence-corrected chi connectivity index (χ4v) is 7.50. The van der Waals surface area contributed by atoms with E-state index >= 15 is 0 Å². The number of hydrogen-bond donors (Lipinski definition) is 2. The van der Waals surface area contributed by atoms with Crippen molar-refractivity contribution in [2.24, 2.45) is 23.2 Å². The Morgan fingerprint density at radius 3 is 2.97 bits per heavy atom. The third-order valence-electron chi connectivity index (χ3n) is 7.06. The number of ether oxygens (including phenoxy) is 1. The molecule has 0 saturated carbocycles. The van der Waals surface area contributed by atoms with Gasteiger partial charge in [0.05, 0.1) is 5.37 Å². The number of fused-ring (bicyclic) bond motifs is 4. The van der Waals surface area contributed by atoms with Gasteiger partial charge < -0.3 is 4.74 Å².